The molecule has 1 spiro atoms. The van der Waals surface area contributed by atoms with E-state index in [1.807, 2.05) is 4.90 Å². The highest BCUT2D eigenvalue weighted by molar-refractivity contribution is 5.92. The minimum absolute atomic E-state index is 0.0549. The molecule has 3 aliphatic carbocycles. The van der Waals surface area contributed by atoms with Crippen LogP contribution in [0.4, 0.5) is 0 Å². The Morgan fingerprint density at radius 3 is 2.54 bits per heavy atom. The molecule has 1 aromatic rings. The maximum atomic E-state index is 13.3. The van der Waals surface area contributed by atoms with Gasteiger partial charge in [0.1, 0.15) is 11.7 Å². The number of fused-ring (bicyclic) bond motifs is 1. The van der Waals surface area contributed by atoms with Crippen LogP contribution in [0, 0.1) is 17.8 Å². The molecule has 4 fully saturated rings. The average molecular weight is 473 g/mol. The standard InChI is InChI=1S/C29H36N4O2/c1-18-2-3-24-14-23(10-11-25(24)30-18)20-4-6-21(7-5-20)26-31-29(12-13-29)28(35)33(26)17-19-15-32(16-19)27(34)22-8-9-22/h4-7,11,19,22-24,26,31H,2-3,8-10,12-17H2,1H3. The summed E-state index contributed by atoms with van der Waals surface area (Å²) in [5.41, 5.74) is 4.84. The lowest BCUT2D eigenvalue weighted by Crippen LogP contribution is -2.55. The molecule has 3 unspecified atom stereocenters. The average Bonchev–Trinajstić information content (AvgIpc) is 3.76. The van der Waals surface area contributed by atoms with E-state index in [0.29, 0.717) is 23.7 Å². The number of nitrogens with one attached hydrogen (secondary N) is 1. The van der Waals surface area contributed by atoms with Gasteiger partial charge < -0.3 is 9.80 Å². The molecule has 2 saturated carbocycles. The van der Waals surface area contributed by atoms with Crippen LogP contribution in [0.25, 0.3) is 0 Å². The van der Waals surface area contributed by atoms with E-state index in [2.05, 4.69) is 47.5 Å². The molecule has 3 heterocycles. The normalized spacial score (nSPS) is 31.7. The van der Waals surface area contributed by atoms with Crippen LogP contribution in [0.3, 0.4) is 0 Å². The van der Waals surface area contributed by atoms with E-state index < -0.39 is 0 Å². The van der Waals surface area contributed by atoms with E-state index in [4.69, 9.17) is 4.99 Å². The Morgan fingerprint density at radius 2 is 1.83 bits per heavy atom. The summed E-state index contributed by atoms with van der Waals surface area (Å²) in [4.78, 5) is 34.5. The summed E-state index contributed by atoms with van der Waals surface area (Å²) in [6.45, 7) is 4.50. The summed E-state index contributed by atoms with van der Waals surface area (Å²) >= 11 is 0. The Hall–Kier alpha value is -2.47. The van der Waals surface area contributed by atoms with E-state index >= 15 is 0 Å². The molecule has 184 valence electrons. The minimum atomic E-state index is -0.333. The number of hydrogen-bond acceptors (Lipinski definition) is 4. The summed E-state index contributed by atoms with van der Waals surface area (Å²) in [5.74, 6) is 2.43. The van der Waals surface area contributed by atoms with Crippen molar-refractivity contribution in [1.29, 1.82) is 0 Å². The Bertz CT molecular complexity index is 1110. The van der Waals surface area contributed by atoms with Crippen LogP contribution in [0.1, 0.15) is 81.5 Å². The molecular formula is C29H36N4O2. The van der Waals surface area contributed by atoms with Crippen molar-refractivity contribution in [2.75, 3.05) is 19.6 Å². The third-order valence-electron chi connectivity index (χ3n) is 9.29. The third-order valence-corrected chi connectivity index (χ3v) is 9.29. The van der Waals surface area contributed by atoms with Gasteiger partial charge in [-0.05, 0) is 75.3 Å². The van der Waals surface area contributed by atoms with E-state index in [1.54, 1.807) is 0 Å². The van der Waals surface area contributed by atoms with Crippen LogP contribution >= 0.6 is 0 Å². The zero-order valence-corrected chi connectivity index (χ0v) is 20.7. The Balaban J connectivity index is 1.04. The molecule has 0 bridgehead atoms. The second-order valence-electron chi connectivity index (χ2n) is 12.0. The van der Waals surface area contributed by atoms with Gasteiger partial charge in [-0.15, -0.1) is 0 Å². The number of allylic oxidation sites excluding steroid dienone is 2. The number of aliphatic imine (C=N–C) groups is 1. The fourth-order valence-electron chi connectivity index (χ4n) is 6.74. The molecule has 2 saturated heterocycles. The van der Waals surface area contributed by atoms with Gasteiger partial charge in [0.15, 0.2) is 0 Å². The van der Waals surface area contributed by atoms with Gasteiger partial charge in [0.25, 0.3) is 0 Å². The lowest BCUT2D eigenvalue weighted by molar-refractivity contribution is -0.140. The molecule has 35 heavy (non-hydrogen) atoms. The first-order valence-electron chi connectivity index (χ1n) is 13.7. The molecule has 0 radical (unpaired) electrons. The molecule has 1 aromatic carbocycles. The molecule has 2 amide bonds. The molecule has 3 aliphatic heterocycles. The van der Waals surface area contributed by atoms with Crippen molar-refractivity contribution < 1.29 is 9.59 Å². The maximum Gasteiger partial charge on any atom is 0.244 e. The molecule has 1 N–H and O–H groups in total. The van der Waals surface area contributed by atoms with Crippen molar-refractivity contribution in [3.8, 4) is 0 Å². The SMILES string of the molecule is CC1=NC2=CCC(c3ccc(C4NC5(CC5)C(=O)N4CC4CN(C(=O)C5CC5)C4)cc3)CC2CC1. The van der Waals surface area contributed by atoms with Gasteiger partial charge in [-0.2, -0.15) is 0 Å². The van der Waals surface area contributed by atoms with E-state index in [1.165, 1.54) is 35.4 Å². The highest BCUT2D eigenvalue weighted by Gasteiger charge is 2.59. The number of hydrogen-bond donors (Lipinski definition) is 1. The Labute approximate surface area is 207 Å². The summed E-state index contributed by atoms with van der Waals surface area (Å²) in [6, 6.07) is 9.05. The zero-order chi connectivity index (χ0) is 23.7. The molecule has 7 rings (SSSR count). The molecule has 3 atom stereocenters. The summed E-state index contributed by atoms with van der Waals surface area (Å²) < 4.78 is 0. The van der Waals surface area contributed by atoms with E-state index in [0.717, 1.165) is 58.2 Å². The molecule has 6 aliphatic rings. The summed E-state index contributed by atoms with van der Waals surface area (Å²) in [7, 11) is 0. The largest absolute Gasteiger partial charge is 0.342 e. The molecule has 6 nitrogen and oxygen atoms in total. The summed E-state index contributed by atoms with van der Waals surface area (Å²) in [5, 5.41) is 3.69. The first-order chi connectivity index (χ1) is 17.0. The fraction of sp³-hybridized carbons (Fsp3) is 0.621. The minimum Gasteiger partial charge on any atom is -0.342 e. The van der Waals surface area contributed by atoms with Gasteiger partial charge in [-0.1, -0.05) is 30.3 Å². The highest BCUT2D eigenvalue weighted by Crippen LogP contribution is 2.47. The fourth-order valence-corrected chi connectivity index (χ4v) is 6.74. The van der Waals surface area contributed by atoms with Crippen LogP contribution in [0.15, 0.2) is 41.0 Å². The van der Waals surface area contributed by atoms with Crippen molar-refractivity contribution in [3.05, 3.63) is 47.2 Å². The quantitative estimate of drug-likeness (QED) is 0.700. The number of benzene rings is 1. The van der Waals surface area contributed by atoms with Crippen molar-refractivity contribution in [2.45, 2.75) is 75.9 Å². The molecule has 6 heteroatoms. The van der Waals surface area contributed by atoms with Crippen molar-refractivity contribution in [2.24, 2.45) is 22.7 Å². The van der Waals surface area contributed by atoms with Gasteiger partial charge in [-0.3, -0.25) is 19.9 Å². The maximum absolute atomic E-state index is 13.3. The van der Waals surface area contributed by atoms with Crippen molar-refractivity contribution in [1.82, 2.24) is 15.1 Å². The van der Waals surface area contributed by atoms with Crippen LogP contribution in [-0.4, -0.2) is 52.5 Å². The van der Waals surface area contributed by atoms with Crippen molar-refractivity contribution in [3.63, 3.8) is 0 Å². The predicted octanol–water partition coefficient (Wildman–Crippen LogP) is 4.15. The first kappa shape index (κ1) is 21.8. The molecule has 0 aromatic heterocycles. The smallest absolute Gasteiger partial charge is 0.244 e. The lowest BCUT2D eigenvalue weighted by Gasteiger charge is -2.42. The molecular weight excluding hydrogens is 436 g/mol. The first-order valence-corrected chi connectivity index (χ1v) is 13.7. The second kappa shape index (κ2) is 8.02. The predicted molar refractivity (Wildman–Crippen MR) is 135 cm³/mol. The summed E-state index contributed by atoms with van der Waals surface area (Å²) in [6.07, 6.45) is 10.9. The Morgan fingerprint density at radius 1 is 1.09 bits per heavy atom. The van der Waals surface area contributed by atoms with Crippen LogP contribution in [-0.2, 0) is 9.59 Å². The topological polar surface area (TPSA) is 65.0 Å². The number of nitrogens with zero attached hydrogens (tertiary/aromatic N) is 3. The number of amides is 2. The van der Waals surface area contributed by atoms with E-state index in [-0.39, 0.29) is 23.5 Å². The van der Waals surface area contributed by atoms with Gasteiger partial charge >= 0.3 is 0 Å². The number of rotatable bonds is 5. The van der Waals surface area contributed by atoms with E-state index in [9.17, 15) is 9.59 Å². The van der Waals surface area contributed by atoms with Gasteiger partial charge in [0.2, 0.25) is 11.8 Å². The number of carbonyl (C=O) groups is 2. The van der Waals surface area contributed by atoms with Crippen LogP contribution < -0.4 is 5.32 Å². The number of carbonyl (C=O) groups excluding carboxylic acids is 2. The van der Waals surface area contributed by atoms with Gasteiger partial charge in [0.05, 0.1) is 0 Å². The second-order valence-corrected chi connectivity index (χ2v) is 12.0. The zero-order valence-electron chi connectivity index (χ0n) is 20.7. The van der Waals surface area contributed by atoms with Crippen LogP contribution in [0.2, 0.25) is 0 Å². The third kappa shape index (κ3) is 3.85. The highest BCUT2D eigenvalue weighted by atomic mass is 16.2. The number of likely N-dealkylation sites (tertiary alicyclic amines) is 1. The monoisotopic (exact) mass is 472 g/mol. The lowest BCUT2D eigenvalue weighted by atomic mass is 9.77. The van der Waals surface area contributed by atoms with Gasteiger partial charge in [-0.25, -0.2) is 0 Å². The van der Waals surface area contributed by atoms with Gasteiger partial charge in [0, 0.05) is 48.8 Å². The Kier molecular flexibility index (Phi) is 4.99. The van der Waals surface area contributed by atoms with Crippen LogP contribution in [0.5, 0.6) is 0 Å². The van der Waals surface area contributed by atoms with Crippen molar-refractivity contribution >= 4 is 17.5 Å².